The van der Waals surface area contributed by atoms with Gasteiger partial charge in [-0.2, -0.15) is 15.0 Å². The van der Waals surface area contributed by atoms with Crippen molar-refractivity contribution in [3.63, 3.8) is 0 Å². The lowest BCUT2D eigenvalue weighted by Crippen LogP contribution is -2.31. The molecule has 0 saturated carbocycles. The molecular weight excluding hydrogens is 1040 g/mol. The lowest BCUT2D eigenvalue weighted by molar-refractivity contribution is -0.193. The van der Waals surface area contributed by atoms with Crippen LogP contribution >= 0.6 is 34.0 Å². The van der Waals surface area contributed by atoms with Crippen LogP contribution in [0.15, 0.2) is 65.2 Å². The Bertz CT molecular complexity index is 3510. The minimum absolute atomic E-state index is 0. The minimum atomic E-state index is -1.19. The van der Waals surface area contributed by atoms with Gasteiger partial charge in [0.15, 0.2) is 41.6 Å². The van der Waals surface area contributed by atoms with Crippen molar-refractivity contribution in [2.45, 2.75) is 110 Å². The van der Waals surface area contributed by atoms with Gasteiger partial charge in [-0.3, -0.25) is 72.2 Å². The fourth-order valence-electron chi connectivity index (χ4n) is 7.44. The standard InChI is InChI=1S/C14H16N4O5S.C11H12N4O5S.C11H16O5.C5H4N4O2S.CH4/c1-4-7-5(2)8(22-6(3)19)12(23-7)18-10-9(24-14(18)21)11(20)17-13(15)16-10;1-3-4(2-16)20-9(5(3)17)15-7-6(21-11(15)19)8(18)14-10(12)13-7;1-5-9-6(2)10(14-7(3)12)11(16-9)15-8(4)13;6-4-7-2-1(3(10)9-4)12-5(11)8-2;/h7-8,12H,2,4H2,1,3H3,(H3,15,16,17,20);4-5,9,16-17H,1-2H2,(H3,12,13,14,18);9-11H,2,5H2,1,3-4H3;(H4,6,7,8,9,10,11);1H4/t7-,8-,12-;4-,5-,9-;9-,10-,11?;;/m111../s1. The van der Waals surface area contributed by atoms with E-state index in [9.17, 15) is 48.3 Å². The highest BCUT2D eigenvalue weighted by Gasteiger charge is 2.44. The van der Waals surface area contributed by atoms with E-state index < -0.39 is 81.9 Å². The zero-order valence-corrected chi connectivity index (χ0v) is 41.6. The van der Waals surface area contributed by atoms with Gasteiger partial charge in [-0.05, 0) is 29.6 Å². The summed E-state index contributed by atoms with van der Waals surface area (Å²) in [6.07, 6.45) is -5.78. The summed E-state index contributed by atoms with van der Waals surface area (Å²) in [5.41, 5.74) is 16.7. The molecule has 9 rings (SSSR count). The van der Waals surface area contributed by atoms with Crippen LogP contribution in [0.3, 0.4) is 0 Å². The second-order valence-electron chi connectivity index (χ2n) is 15.7. The van der Waals surface area contributed by atoms with Gasteiger partial charge in [0.25, 0.3) is 16.7 Å². The van der Waals surface area contributed by atoms with E-state index >= 15 is 0 Å². The lowest BCUT2D eigenvalue weighted by atomic mass is 10.1. The first-order chi connectivity index (χ1) is 34.4. The summed E-state index contributed by atoms with van der Waals surface area (Å²) < 4.78 is 34.7. The van der Waals surface area contributed by atoms with Gasteiger partial charge in [0.05, 0.1) is 18.8 Å². The fourth-order valence-corrected chi connectivity index (χ4v) is 9.80. The van der Waals surface area contributed by atoms with Crippen LogP contribution in [0.25, 0.3) is 31.0 Å². The van der Waals surface area contributed by atoms with Crippen LogP contribution < -0.4 is 48.5 Å². The maximum atomic E-state index is 12.4. The highest BCUT2D eigenvalue weighted by atomic mass is 32.1. The summed E-state index contributed by atoms with van der Waals surface area (Å²) >= 11 is 2.22. The van der Waals surface area contributed by atoms with Gasteiger partial charge in [-0.25, -0.2) is 0 Å². The van der Waals surface area contributed by atoms with Crippen molar-refractivity contribution < 1.29 is 53.0 Å². The number of nitrogen functional groups attached to an aromatic ring is 3. The molecule has 3 fully saturated rings. The minimum Gasteiger partial charge on any atom is -0.453 e. The van der Waals surface area contributed by atoms with Crippen molar-refractivity contribution >= 4 is 101 Å². The second-order valence-corrected chi connectivity index (χ2v) is 18.6. The number of nitrogens with one attached hydrogen (secondary N) is 4. The number of aliphatic hydroxyl groups excluding tert-OH is 2. The van der Waals surface area contributed by atoms with E-state index in [2.05, 4.69) is 54.6 Å². The van der Waals surface area contributed by atoms with Gasteiger partial charge >= 0.3 is 32.5 Å². The number of nitrogens with zero attached hydrogens (tertiary/aromatic N) is 5. The van der Waals surface area contributed by atoms with Crippen LogP contribution in [0.4, 0.5) is 17.8 Å². The molecule has 3 aliphatic rings. The zero-order chi connectivity index (χ0) is 53.9. The SMILES string of the molecule is C.C=C1[C@@H](O)[C@H](n2c(=O)sc3c(=O)[nH]c(N)nc32)O[C@@H]1CO.C=C1[C@@H](OC(C)=O)C(OC(C)=O)O[C@@H]1CC.C=C1[C@@H](OC(C)=O)[C@H](n2c(=O)sc3c(=O)[nH]c(N)nc32)O[C@@H]1CC.Nc1nc2[nH]c(=O)sc2c(=O)[nH]1. The molecule has 0 bridgehead atoms. The molecule has 0 spiro atoms. The number of nitrogens with two attached hydrogens (primary N) is 3. The molecule has 6 aromatic heterocycles. The van der Waals surface area contributed by atoms with Gasteiger partial charge in [0.1, 0.15) is 26.3 Å². The molecule has 74 heavy (non-hydrogen) atoms. The molecule has 9 heterocycles. The van der Waals surface area contributed by atoms with Crippen molar-refractivity contribution in [3.05, 3.63) is 96.5 Å². The van der Waals surface area contributed by atoms with E-state index in [4.69, 9.17) is 50.7 Å². The predicted octanol–water partition coefficient (Wildman–Crippen LogP) is 0.123. The van der Waals surface area contributed by atoms with E-state index in [1.807, 2.05) is 13.8 Å². The van der Waals surface area contributed by atoms with E-state index in [1.54, 1.807) is 0 Å². The first-order valence-corrected chi connectivity index (χ1v) is 23.9. The Balaban J connectivity index is 0.000000187. The van der Waals surface area contributed by atoms with Gasteiger partial charge in [0, 0.05) is 20.8 Å². The summed E-state index contributed by atoms with van der Waals surface area (Å²) in [4.78, 5) is 123. The normalized spacial score (nSPS) is 23.0. The number of ether oxygens (including phenoxy) is 6. The average molecular weight is 1090 g/mol. The number of aliphatic hydroxyl groups is 2. The Morgan fingerprint density at radius 3 is 1.53 bits per heavy atom. The number of carbonyl (C=O) groups excluding carboxylic acids is 3. The Hall–Kier alpha value is -7.46. The van der Waals surface area contributed by atoms with Gasteiger partial charge in [-0.15, -0.1) is 0 Å². The maximum Gasteiger partial charge on any atom is 0.311 e. The Morgan fingerprint density at radius 2 is 1.05 bits per heavy atom. The number of hydrogen-bond donors (Lipinski definition) is 9. The highest BCUT2D eigenvalue weighted by Crippen LogP contribution is 2.38. The molecule has 29 nitrogen and oxygen atoms in total. The summed E-state index contributed by atoms with van der Waals surface area (Å²) in [6.45, 7) is 18.6. The van der Waals surface area contributed by atoms with Crippen molar-refractivity contribution in [1.29, 1.82) is 0 Å². The van der Waals surface area contributed by atoms with Crippen molar-refractivity contribution in [3.8, 4) is 0 Å². The predicted molar refractivity (Wildman–Crippen MR) is 270 cm³/mol. The summed E-state index contributed by atoms with van der Waals surface area (Å²) in [6, 6.07) is 0. The monoisotopic (exact) mass is 1090 g/mol. The molecule has 3 aliphatic heterocycles. The van der Waals surface area contributed by atoms with E-state index in [0.29, 0.717) is 35.3 Å². The van der Waals surface area contributed by atoms with Crippen LogP contribution in [0.2, 0.25) is 0 Å². The largest absolute Gasteiger partial charge is 0.453 e. The number of aromatic nitrogens is 9. The molecule has 0 radical (unpaired) electrons. The van der Waals surface area contributed by atoms with Crippen molar-refractivity contribution in [2.75, 3.05) is 23.8 Å². The third kappa shape index (κ3) is 12.1. The quantitative estimate of drug-likeness (QED) is 0.0555. The number of hydrogen-bond acceptors (Lipinski definition) is 26. The molecule has 6 aromatic rings. The molecule has 32 heteroatoms. The van der Waals surface area contributed by atoms with Crippen molar-refractivity contribution in [1.82, 2.24) is 44.0 Å². The van der Waals surface area contributed by atoms with Crippen molar-refractivity contribution in [2.24, 2.45) is 0 Å². The number of thiazole rings is 3. The Morgan fingerprint density at radius 1 is 0.622 bits per heavy atom. The van der Waals surface area contributed by atoms with E-state index in [-0.39, 0.29) is 91.1 Å². The third-order valence-electron chi connectivity index (χ3n) is 10.6. The van der Waals surface area contributed by atoms with Crippen LogP contribution in [-0.4, -0.2) is 122 Å². The number of esters is 3. The number of fused-ring (bicyclic) bond motifs is 3. The average Bonchev–Trinajstić information content (AvgIpc) is 4.13. The molecule has 3 saturated heterocycles. The van der Waals surface area contributed by atoms with Crippen LogP contribution in [0.5, 0.6) is 0 Å². The molecular formula is C42H52N12O17S3. The fraction of sp³-hybridized carbons (Fsp3) is 0.429. The van der Waals surface area contributed by atoms with Crippen LogP contribution in [0.1, 0.15) is 67.3 Å². The zero-order valence-electron chi connectivity index (χ0n) is 39.1. The number of carbonyl (C=O) groups is 3. The van der Waals surface area contributed by atoms with Gasteiger partial charge in [-0.1, -0.05) is 75.0 Å². The first-order valence-electron chi connectivity index (χ1n) is 21.4. The summed E-state index contributed by atoms with van der Waals surface area (Å²) in [7, 11) is 0. The van der Waals surface area contributed by atoms with Gasteiger partial charge in [0.2, 0.25) is 24.1 Å². The van der Waals surface area contributed by atoms with Gasteiger partial charge < -0.3 is 55.8 Å². The van der Waals surface area contributed by atoms with E-state index in [0.717, 1.165) is 27.2 Å². The maximum absolute atomic E-state index is 12.4. The smallest absolute Gasteiger partial charge is 0.311 e. The van der Waals surface area contributed by atoms with Crippen LogP contribution in [0, 0.1) is 0 Å². The number of aromatic amines is 4. The molecule has 0 aliphatic carbocycles. The molecule has 9 atom stereocenters. The second kappa shape index (κ2) is 23.6. The molecule has 0 amide bonds. The summed E-state index contributed by atoms with van der Waals surface area (Å²) in [5.74, 6) is -1.72. The number of anilines is 3. The molecule has 400 valence electrons. The molecule has 12 N–H and O–H groups in total. The number of H-pyrrole nitrogens is 4. The highest BCUT2D eigenvalue weighted by molar-refractivity contribution is 7.16. The molecule has 1 unspecified atom stereocenters. The Labute approximate surface area is 426 Å². The summed E-state index contributed by atoms with van der Waals surface area (Å²) in [5, 5.41) is 19.3. The van der Waals surface area contributed by atoms with Crippen LogP contribution in [-0.2, 0) is 42.8 Å². The Kier molecular flexibility index (Phi) is 18.3. The van der Waals surface area contributed by atoms with E-state index in [1.165, 1.54) is 25.3 Å². The third-order valence-corrected chi connectivity index (χ3v) is 13.4. The number of rotatable bonds is 8. The lowest BCUT2D eigenvalue weighted by Gasteiger charge is -2.19. The first kappa shape index (κ1) is 57.4. The topological polar surface area (TPSA) is 439 Å². The molecule has 0 aromatic carbocycles.